The van der Waals surface area contributed by atoms with Crippen molar-refractivity contribution in [1.29, 1.82) is 0 Å². The van der Waals surface area contributed by atoms with Crippen molar-refractivity contribution >= 4 is 37.6 Å². The smallest absolute Gasteiger partial charge is 0.240 e. The Labute approximate surface area is 126 Å². The molecule has 2 rings (SSSR count). The first-order chi connectivity index (χ1) is 8.99. The molecular weight excluding hydrogens is 354 g/mol. The molecule has 1 aromatic carbocycles. The molecule has 106 valence electrons. The van der Waals surface area contributed by atoms with Gasteiger partial charge in [0.25, 0.3) is 0 Å². The van der Waals surface area contributed by atoms with Gasteiger partial charge < -0.3 is 4.74 Å². The molecule has 0 unspecified atom stereocenters. The number of nitrogens with one attached hydrogen (secondary N) is 1. The van der Waals surface area contributed by atoms with Crippen LogP contribution in [0.4, 0.5) is 0 Å². The molecule has 1 aliphatic carbocycles. The van der Waals surface area contributed by atoms with Crippen LogP contribution in [0.5, 0.6) is 0 Å². The predicted octanol–water partition coefficient (Wildman–Crippen LogP) is 2.81. The summed E-state index contributed by atoms with van der Waals surface area (Å²) in [4.78, 5) is 0.186. The van der Waals surface area contributed by atoms with Crippen molar-refractivity contribution in [1.82, 2.24) is 4.72 Å². The van der Waals surface area contributed by atoms with Crippen molar-refractivity contribution in [3.05, 3.63) is 27.7 Å². The zero-order valence-corrected chi connectivity index (χ0v) is 13.4. The van der Waals surface area contributed by atoms with Gasteiger partial charge in [-0.2, -0.15) is 0 Å². The molecule has 0 aliphatic heterocycles. The SMILES string of the molecule is O=S(=O)(NCCOCC1CC1)c1ccc(Cl)c(Br)c1. The summed E-state index contributed by atoms with van der Waals surface area (Å²) in [5, 5.41) is 0.478. The number of halogens is 2. The molecule has 1 N–H and O–H groups in total. The first-order valence-electron chi connectivity index (χ1n) is 6.01. The van der Waals surface area contributed by atoms with Crippen molar-refractivity contribution in [2.24, 2.45) is 5.92 Å². The largest absolute Gasteiger partial charge is 0.380 e. The molecule has 1 fully saturated rings. The quantitative estimate of drug-likeness (QED) is 0.753. The Balaban J connectivity index is 1.84. The van der Waals surface area contributed by atoms with Crippen LogP contribution < -0.4 is 4.72 Å². The average molecular weight is 369 g/mol. The molecule has 0 spiro atoms. The average Bonchev–Trinajstić information content (AvgIpc) is 3.16. The van der Waals surface area contributed by atoms with Crippen LogP contribution in [0.15, 0.2) is 27.6 Å². The highest BCUT2D eigenvalue weighted by atomic mass is 79.9. The Kier molecular flexibility index (Phi) is 5.25. The molecular formula is C12H15BrClNO3S. The Morgan fingerprint density at radius 2 is 2.16 bits per heavy atom. The maximum atomic E-state index is 12.0. The summed E-state index contributed by atoms with van der Waals surface area (Å²) in [7, 11) is -3.50. The number of ether oxygens (including phenoxy) is 1. The van der Waals surface area contributed by atoms with Gasteiger partial charge in [-0.3, -0.25) is 0 Å². The number of hydrogen-bond donors (Lipinski definition) is 1. The number of benzene rings is 1. The fourth-order valence-corrected chi connectivity index (χ4v) is 3.20. The standard InChI is InChI=1S/C12H15BrClNO3S/c13-11-7-10(3-4-12(11)14)19(16,17)15-5-6-18-8-9-1-2-9/h3-4,7,9,15H,1-2,5-6,8H2. The second-order valence-electron chi connectivity index (χ2n) is 4.49. The normalized spacial score (nSPS) is 15.7. The lowest BCUT2D eigenvalue weighted by Crippen LogP contribution is -2.27. The van der Waals surface area contributed by atoms with Gasteiger partial charge in [-0.05, 0) is 52.9 Å². The van der Waals surface area contributed by atoms with Crippen LogP contribution >= 0.6 is 27.5 Å². The van der Waals surface area contributed by atoms with Crippen molar-refractivity contribution in [3.8, 4) is 0 Å². The Hall–Kier alpha value is -0.140. The van der Waals surface area contributed by atoms with Crippen molar-refractivity contribution in [2.75, 3.05) is 19.8 Å². The van der Waals surface area contributed by atoms with Crippen LogP contribution in [0.25, 0.3) is 0 Å². The topological polar surface area (TPSA) is 55.4 Å². The van der Waals surface area contributed by atoms with Gasteiger partial charge in [0.15, 0.2) is 0 Å². The van der Waals surface area contributed by atoms with Gasteiger partial charge in [-0.1, -0.05) is 11.6 Å². The van der Waals surface area contributed by atoms with E-state index in [1.54, 1.807) is 6.07 Å². The minimum atomic E-state index is -3.50. The summed E-state index contributed by atoms with van der Waals surface area (Å²) in [5.41, 5.74) is 0. The lowest BCUT2D eigenvalue weighted by Gasteiger charge is -2.08. The molecule has 1 aliphatic rings. The van der Waals surface area contributed by atoms with Gasteiger partial charge in [-0.25, -0.2) is 13.1 Å². The van der Waals surface area contributed by atoms with E-state index in [-0.39, 0.29) is 11.4 Å². The summed E-state index contributed by atoms with van der Waals surface area (Å²) in [6.07, 6.45) is 2.45. The summed E-state index contributed by atoms with van der Waals surface area (Å²) in [6, 6.07) is 4.50. The minimum Gasteiger partial charge on any atom is -0.380 e. The fourth-order valence-electron chi connectivity index (χ4n) is 1.51. The summed E-state index contributed by atoms with van der Waals surface area (Å²) in [5.74, 6) is 0.684. The first-order valence-corrected chi connectivity index (χ1v) is 8.67. The summed E-state index contributed by atoms with van der Waals surface area (Å²) < 4.78 is 32.4. The van der Waals surface area contributed by atoms with Crippen LogP contribution in [0.2, 0.25) is 5.02 Å². The highest BCUT2D eigenvalue weighted by Crippen LogP contribution is 2.28. The number of sulfonamides is 1. The molecule has 1 aromatic rings. The molecule has 0 atom stereocenters. The second-order valence-corrected chi connectivity index (χ2v) is 7.52. The van der Waals surface area contributed by atoms with Gasteiger partial charge >= 0.3 is 0 Å². The molecule has 0 radical (unpaired) electrons. The maximum Gasteiger partial charge on any atom is 0.240 e. The van der Waals surface area contributed by atoms with Gasteiger partial charge in [0.1, 0.15) is 0 Å². The summed E-state index contributed by atoms with van der Waals surface area (Å²) >= 11 is 9.04. The van der Waals surface area contributed by atoms with E-state index in [1.165, 1.54) is 25.0 Å². The number of hydrogen-bond acceptors (Lipinski definition) is 3. The van der Waals surface area contributed by atoms with E-state index in [0.717, 1.165) is 6.61 Å². The molecule has 7 heteroatoms. The maximum absolute atomic E-state index is 12.0. The summed E-state index contributed by atoms with van der Waals surface area (Å²) in [6.45, 7) is 1.40. The van der Waals surface area contributed by atoms with E-state index in [2.05, 4.69) is 20.7 Å². The van der Waals surface area contributed by atoms with Crippen LogP contribution in [-0.4, -0.2) is 28.2 Å². The van der Waals surface area contributed by atoms with Crippen molar-refractivity contribution < 1.29 is 13.2 Å². The Morgan fingerprint density at radius 1 is 1.42 bits per heavy atom. The third-order valence-electron chi connectivity index (χ3n) is 2.79. The van der Waals surface area contributed by atoms with Gasteiger partial charge in [0.05, 0.1) is 16.5 Å². The van der Waals surface area contributed by atoms with E-state index < -0.39 is 10.0 Å². The van der Waals surface area contributed by atoms with E-state index in [0.29, 0.717) is 22.0 Å². The number of rotatable bonds is 7. The van der Waals surface area contributed by atoms with E-state index in [4.69, 9.17) is 16.3 Å². The monoisotopic (exact) mass is 367 g/mol. The molecule has 19 heavy (non-hydrogen) atoms. The lowest BCUT2D eigenvalue weighted by atomic mass is 10.4. The van der Waals surface area contributed by atoms with Crippen LogP contribution in [0.1, 0.15) is 12.8 Å². The zero-order chi connectivity index (χ0) is 13.9. The minimum absolute atomic E-state index is 0.186. The lowest BCUT2D eigenvalue weighted by molar-refractivity contribution is 0.129. The first kappa shape index (κ1) is 15.3. The second kappa shape index (κ2) is 6.54. The van der Waals surface area contributed by atoms with Gasteiger partial charge in [0, 0.05) is 17.6 Å². The highest BCUT2D eigenvalue weighted by molar-refractivity contribution is 9.10. The predicted molar refractivity (Wildman–Crippen MR) is 77.9 cm³/mol. The third-order valence-corrected chi connectivity index (χ3v) is 5.46. The van der Waals surface area contributed by atoms with Crippen LogP contribution in [-0.2, 0) is 14.8 Å². The molecule has 4 nitrogen and oxygen atoms in total. The van der Waals surface area contributed by atoms with Crippen molar-refractivity contribution in [3.63, 3.8) is 0 Å². The Bertz CT molecular complexity index is 546. The molecule has 0 amide bonds. The zero-order valence-electron chi connectivity index (χ0n) is 10.2. The van der Waals surface area contributed by atoms with Gasteiger partial charge in [0.2, 0.25) is 10.0 Å². The molecule has 0 heterocycles. The van der Waals surface area contributed by atoms with Gasteiger partial charge in [-0.15, -0.1) is 0 Å². The molecule has 0 bridgehead atoms. The third kappa shape index (κ3) is 4.72. The van der Waals surface area contributed by atoms with Crippen LogP contribution in [0.3, 0.4) is 0 Å². The van der Waals surface area contributed by atoms with E-state index in [1.807, 2.05) is 0 Å². The fraction of sp³-hybridized carbons (Fsp3) is 0.500. The highest BCUT2D eigenvalue weighted by Gasteiger charge is 2.21. The van der Waals surface area contributed by atoms with E-state index in [9.17, 15) is 8.42 Å². The van der Waals surface area contributed by atoms with Crippen molar-refractivity contribution in [2.45, 2.75) is 17.7 Å². The molecule has 1 saturated carbocycles. The molecule has 0 aromatic heterocycles. The Morgan fingerprint density at radius 3 is 2.79 bits per heavy atom. The van der Waals surface area contributed by atoms with E-state index >= 15 is 0 Å². The molecule has 0 saturated heterocycles. The van der Waals surface area contributed by atoms with Crippen LogP contribution in [0, 0.1) is 5.92 Å².